The predicted octanol–water partition coefficient (Wildman–Crippen LogP) is 1.76. The highest BCUT2D eigenvalue weighted by Crippen LogP contribution is 2.34. The number of piperazine rings is 1. The van der Waals surface area contributed by atoms with Gasteiger partial charge in [0.05, 0.1) is 0 Å². The number of benzene rings is 1. The number of nitrogens with zero attached hydrogens (tertiary/aromatic N) is 1. The summed E-state index contributed by atoms with van der Waals surface area (Å²) in [7, 11) is 0. The Morgan fingerprint density at radius 2 is 2.12 bits per heavy atom. The van der Waals surface area contributed by atoms with E-state index in [1.807, 2.05) is 6.07 Å². The average molecular weight is 234 g/mol. The zero-order valence-electron chi connectivity index (χ0n) is 10.1. The van der Waals surface area contributed by atoms with Crippen molar-refractivity contribution in [3.8, 4) is 0 Å². The van der Waals surface area contributed by atoms with E-state index < -0.39 is 0 Å². The first kappa shape index (κ1) is 11.2. The molecule has 0 spiro atoms. The smallest absolute Gasteiger partial charge is 0.126 e. The number of fused-ring (bicyclic) bond motifs is 1. The Bertz CT molecular complexity index is 399. The Balaban J connectivity index is 1.72. The minimum absolute atomic E-state index is 0.00897. The molecule has 1 aromatic carbocycles. The van der Waals surface area contributed by atoms with Gasteiger partial charge in [0.15, 0.2) is 0 Å². The van der Waals surface area contributed by atoms with Crippen LogP contribution in [0, 0.1) is 5.82 Å². The fraction of sp³-hybridized carbons (Fsp3) is 0.571. The van der Waals surface area contributed by atoms with Crippen LogP contribution in [0.3, 0.4) is 0 Å². The lowest BCUT2D eigenvalue weighted by molar-refractivity contribution is 0.226. The van der Waals surface area contributed by atoms with Gasteiger partial charge in [0.1, 0.15) is 5.82 Å². The molecular formula is C14H19FN2. The second-order valence-electron chi connectivity index (χ2n) is 5.09. The molecule has 3 rings (SSSR count). The minimum atomic E-state index is -0.00897. The molecule has 0 bridgehead atoms. The van der Waals surface area contributed by atoms with E-state index in [2.05, 4.69) is 16.3 Å². The summed E-state index contributed by atoms with van der Waals surface area (Å²) in [6.07, 6.45) is 2.03. The molecule has 0 aromatic heterocycles. The van der Waals surface area contributed by atoms with Gasteiger partial charge in [0, 0.05) is 32.7 Å². The van der Waals surface area contributed by atoms with Gasteiger partial charge in [-0.15, -0.1) is 0 Å². The molecule has 1 heterocycles. The molecule has 1 aromatic rings. The predicted molar refractivity (Wildman–Crippen MR) is 66.8 cm³/mol. The van der Waals surface area contributed by atoms with E-state index in [-0.39, 0.29) is 5.82 Å². The Hall–Kier alpha value is -0.930. The van der Waals surface area contributed by atoms with E-state index in [4.69, 9.17) is 0 Å². The summed E-state index contributed by atoms with van der Waals surface area (Å²) in [5, 5.41) is 3.37. The maximum absolute atomic E-state index is 13.6. The van der Waals surface area contributed by atoms with Crippen molar-refractivity contribution < 1.29 is 4.39 Å². The molecule has 1 fully saturated rings. The maximum atomic E-state index is 13.6. The molecule has 3 heteroatoms. The molecule has 17 heavy (non-hydrogen) atoms. The number of rotatable bonds is 2. The van der Waals surface area contributed by atoms with Crippen LogP contribution in [0.1, 0.15) is 23.5 Å². The first-order valence-corrected chi connectivity index (χ1v) is 6.55. The van der Waals surface area contributed by atoms with Crippen LogP contribution in [0.15, 0.2) is 18.2 Å². The molecule has 0 saturated carbocycles. The van der Waals surface area contributed by atoms with Gasteiger partial charge in [0.2, 0.25) is 0 Å². The average Bonchev–Trinajstić information content (AvgIpc) is 2.76. The summed E-state index contributed by atoms with van der Waals surface area (Å²) in [6.45, 7) is 5.52. The Morgan fingerprint density at radius 1 is 1.29 bits per heavy atom. The first-order chi connectivity index (χ1) is 8.34. The van der Waals surface area contributed by atoms with Gasteiger partial charge in [-0.3, -0.25) is 0 Å². The highest BCUT2D eigenvalue weighted by Gasteiger charge is 2.26. The van der Waals surface area contributed by atoms with Crippen molar-refractivity contribution in [3.05, 3.63) is 35.1 Å². The summed E-state index contributed by atoms with van der Waals surface area (Å²) in [4.78, 5) is 2.50. The summed E-state index contributed by atoms with van der Waals surface area (Å²) >= 11 is 0. The molecule has 2 aliphatic rings. The number of hydrogen-bond donors (Lipinski definition) is 1. The van der Waals surface area contributed by atoms with Crippen LogP contribution in [-0.2, 0) is 6.42 Å². The standard InChI is InChI=1S/C14H19FN2/c15-14-3-1-2-12-11(4-5-13(12)14)10-17-8-6-16-7-9-17/h1-3,11,16H,4-10H2. The minimum Gasteiger partial charge on any atom is -0.314 e. The first-order valence-electron chi connectivity index (χ1n) is 6.55. The molecule has 1 aliphatic carbocycles. The lowest BCUT2D eigenvalue weighted by atomic mass is 10.0. The van der Waals surface area contributed by atoms with Crippen molar-refractivity contribution in [2.45, 2.75) is 18.8 Å². The van der Waals surface area contributed by atoms with Gasteiger partial charge in [-0.05, 0) is 36.0 Å². The quantitative estimate of drug-likeness (QED) is 0.839. The van der Waals surface area contributed by atoms with Gasteiger partial charge in [-0.25, -0.2) is 4.39 Å². The summed E-state index contributed by atoms with van der Waals surface area (Å²) < 4.78 is 13.6. The van der Waals surface area contributed by atoms with E-state index in [9.17, 15) is 4.39 Å². The van der Waals surface area contributed by atoms with Crippen molar-refractivity contribution in [3.63, 3.8) is 0 Å². The lowest BCUT2D eigenvalue weighted by Crippen LogP contribution is -2.44. The van der Waals surface area contributed by atoms with Crippen LogP contribution >= 0.6 is 0 Å². The number of nitrogens with one attached hydrogen (secondary N) is 1. The Labute approximate surface area is 102 Å². The monoisotopic (exact) mass is 234 g/mol. The molecule has 1 unspecified atom stereocenters. The molecule has 2 nitrogen and oxygen atoms in total. The van der Waals surface area contributed by atoms with Crippen LogP contribution in [0.5, 0.6) is 0 Å². The molecule has 1 saturated heterocycles. The van der Waals surface area contributed by atoms with Crippen molar-refractivity contribution in [2.24, 2.45) is 0 Å². The third-order valence-electron chi connectivity index (χ3n) is 4.03. The topological polar surface area (TPSA) is 15.3 Å². The summed E-state index contributed by atoms with van der Waals surface area (Å²) in [5.74, 6) is 0.532. The van der Waals surface area contributed by atoms with Crippen LogP contribution < -0.4 is 5.32 Å². The SMILES string of the molecule is Fc1cccc2c1CCC2CN1CCNCC1. The molecule has 0 radical (unpaired) electrons. The zero-order chi connectivity index (χ0) is 11.7. The largest absolute Gasteiger partial charge is 0.314 e. The normalized spacial score (nSPS) is 24.9. The second kappa shape index (κ2) is 4.75. The van der Waals surface area contributed by atoms with E-state index in [0.29, 0.717) is 5.92 Å². The number of halogens is 1. The molecule has 1 atom stereocenters. The fourth-order valence-corrected chi connectivity index (χ4v) is 3.09. The van der Waals surface area contributed by atoms with E-state index >= 15 is 0 Å². The maximum Gasteiger partial charge on any atom is 0.126 e. The van der Waals surface area contributed by atoms with Crippen molar-refractivity contribution >= 4 is 0 Å². The highest BCUT2D eigenvalue weighted by molar-refractivity contribution is 5.36. The van der Waals surface area contributed by atoms with Gasteiger partial charge in [-0.2, -0.15) is 0 Å². The van der Waals surface area contributed by atoms with Crippen molar-refractivity contribution in [1.29, 1.82) is 0 Å². The van der Waals surface area contributed by atoms with Gasteiger partial charge in [-0.1, -0.05) is 12.1 Å². The van der Waals surface area contributed by atoms with Crippen LogP contribution in [0.2, 0.25) is 0 Å². The Kier molecular flexibility index (Phi) is 3.12. The molecule has 92 valence electrons. The van der Waals surface area contributed by atoms with Crippen LogP contribution in [0.25, 0.3) is 0 Å². The van der Waals surface area contributed by atoms with Gasteiger partial charge < -0.3 is 10.2 Å². The zero-order valence-corrected chi connectivity index (χ0v) is 10.1. The summed E-state index contributed by atoms with van der Waals surface area (Å²) in [5.41, 5.74) is 2.22. The third kappa shape index (κ3) is 2.22. The Morgan fingerprint density at radius 3 is 2.94 bits per heavy atom. The molecule has 0 amide bonds. The number of hydrogen-bond acceptors (Lipinski definition) is 2. The van der Waals surface area contributed by atoms with Crippen LogP contribution in [0.4, 0.5) is 4.39 Å². The summed E-state index contributed by atoms with van der Waals surface area (Å²) in [6, 6.07) is 5.55. The van der Waals surface area contributed by atoms with E-state index in [1.54, 1.807) is 6.07 Å². The van der Waals surface area contributed by atoms with Crippen molar-refractivity contribution in [1.82, 2.24) is 10.2 Å². The van der Waals surface area contributed by atoms with Crippen LogP contribution in [-0.4, -0.2) is 37.6 Å². The molecular weight excluding hydrogens is 215 g/mol. The highest BCUT2D eigenvalue weighted by atomic mass is 19.1. The molecule has 1 N–H and O–H groups in total. The molecule has 1 aliphatic heterocycles. The van der Waals surface area contributed by atoms with Gasteiger partial charge >= 0.3 is 0 Å². The van der Waals surface area contributed by atoms with E-state index in [0.717, 1.165) is 51.1 Å². The lowest BCUT2D eigenvalue weighted by Gasteiger charge is -2.29. The third-order valence-corrected chi connectivity index (χ3v) is 4.03. The van der Waals surface area contributed by atoms with Crippen molar-refractivity contribution in [2.75, 3.05) is 32.7 Å². The van der Waals surface area contributed by atoms with Gasteiger partial charge in [0.25, 0.3) is 0 Å². The fourth-order valence-electron chi connectivity index (χ4n) is 3.09. The second-order valence-corrected chi connectivity index (χ2v) is 5.09. The van der Waals surface area contributed by atoms with E-state index in [1.165, 1.54) is 5.56 Å².